The van der Waals surface area contributed by atoms with Crippen LogP contribution in [-0.2, 0) is 11.3 Å². The summed E-state index contributed by atoms with van der Waals surface area (Å²) in [6, 6.07) is 9.87. The van der Waals surface area contributed by atoms with E-state index in [1.165, 1.54) is 17.3 Å². The van der Waals surface area contributed by atoms with E-state index in [2.05, 4.69) is 14.8 Å². The van der Waals surface area contributed by atoms with E-state index in [4.69, 9.17) is 9.15 Å². The van der Waals surface area contributed by atoms with Crippen molar-refractivity contribution < 1.29 is 13.9 Å². The van der Waals surface area contributed by atoms with Crippen molar-refractivity contribution in [2.45, 2.75) is 51.5 Å². The van der Waals surface area contributed by atoms with Crippen LogP contribution in [0.25, 0.3) is 11.5 Å². The predicted molar refractivity (Wildman–Crippen MR) is 112 cm³/mol. The molecule has 1 fully saturated rings. The Morgan fingerprint density at radius 2 is 2.00 bits per heavy atom. The van der Waals surface area contributed by atoms with E-state index in [1.807, 2.05) is 51.1 Å². The summed E-state index contributed by atoms with van der Waals surface area (Å²) in [4.78, 5) is 12.8. The SMILES string of the molecule is Cc1ccc(-c2nnc(SCC(=O)c3cc(C)n(CC4CCCO4)c3C)o2)cc1. The van der Waals surface area contributed by atoms with E-state index in [0.29, 0.717) is 11.1 Å². The van der Waals surface area contributed by atoms with Crippen molar-refractivity contribution in [2.75, 3.05) is 12.4 Å². The van der Waals surface area contributed by atoms with Crippen molar-refractivity contribution in [3.05, 3.63) is 52.8 Å². The molecule has 0 saturated carbocycles. The largest absolute Gasteiger partial charge is 0.411 e. The van der Waals surface area contributed by atoms with Gasteiger partial charge >= 0.3 is 0 Å². The van der Waals surface area contributed by atoms with Crippen molar-refractivity contribution in [3.63, 3.8) is 0 Å². The Morgan fingerprint density at radius 3 is 2.72 bits per heavy atom. The number of hydrogen-bond acceptors (Lipinski definition) is 6. The van der Waals surface area contributed by atoms with Crippen LogP contribution in [0.1, 0.15) is 40.2 Å². The first kappa shape index (κ1) is 19.9. The third-order valence-corrected chi connectivity index (χ3v) is 6.13. The number of hydrogen-bond donors (Lipinski definition) is 0. The number of aromatic nitrogens is 3. The summed E-state index contributed by atoms with van der Waals surface area (Å²) in [5, 5.41) is 8.56. The lowest BCUT2D eigenvalue weighted by atomic mass is 10.1. The number of rotatable bonds is 7. The van der Waals surface area contributed by atoms with E-state index in [-0.39, 0.29) is 17.6 Å². The van der Waals surface area contributed by atoms with Crippen molar-refractivity contribution in [3.8, 4) is 11.5 Å². The summed E-state index contributed by atoms with van der Waals surface area (Å²) in [5.74, 6) is 0.797. The molecule has 3 aromatic rings. The maximum Gasteiger partial charge on any atom is 0.277 e. The van der Waals surface area contributed by atoms with Gasteiger partial charge in [0.05, 0.1) is 11.9 Å². The standard InChI is InChI=1S/C22H25N3O3S/c1-14-6-8-17(9-7-14)21-23-24-22(28-21)29-13-20(26)19-11-15(2)25(16(19)3)12-18-5-4-10-27-18/h6-9,11,18H,4-5,10,12-13H2,1-3H3. The molecule has 1 aromatic carbocycles. The average molecular weight is 412 g/mol. The molecular formula is C22H25N3O3S. The van der Waals surface area contributed by atoms with Crippen molar-refractivity contribution in [1.82, 2.24) is 14.8 Å². The summed E-state index contributed by atoms with van der Waals surface area (Å²) in [5.41, 5.74) is 4.89. The second-order valence-electron chi connectivity index (χ2n) is 7.48. The minimum Gasteiger partial charge on any atom is -0.411 e. The highest BCUT2D eigenvalue weighted by molar-refractivity contribution is 7.99. The molecule has 1 saturated heterocycles. The molecule has 6 nitrogen and oxygen atoms in total. The quantitative estimate of drug-likeness (QED) is 0.417. The summed E-state index contributed by atoms with van der Waals surface area (Å²) in [6.45, 7) is 7.71. The van der Waals surface area contributed by atoms with Crippen LogP contribution in [0.5, 0.6) is 0 Å². The van der Waals surface area contributed by atoms with Crippen LogP contribution < -0.4 is 0 Å². The fourth-order valence-corrected chi connectivity index (χ4v) is 4.29. The van der Waals surface area contributed by atoms with Gasteiger partial charge in [-0.05, 0) is 51.8 Å². The number of ketones is 1. The Morgan fingerprint density at radius 1 is 1.21 bits per heavy atom. The van der Waals surface area contributed by atoms with Crippen LogP contribution in [0.15, 0.2) is 40.0 Å². The molecule has 0 bridgehead atoms. The molecule has 3 heterocycles. The second kappa shape index (κ2) is 8.55. The minimum absolute atomic E-state index is 0.0665. The first-order chi connectivity index (χ1) is 14.0. The van der Waals surface area contributed by atoms with Crippen molar-refractivity contribution in [1.29, 1.82) is 0 Å². The lowest BCUT2D eigenvalue weighted by Crippen LogP contribution is -2.17. The Hall–Kier alpha value is -2.38. The van der Waals surface area contributed by atoms with Gasteiger partial charge in [-0.1, -0.05) is 29.5 Å². The van der Waals surface area contributed by atoms with Gasteiger partial charge in [-0.2, -0.15) is 0 Å². The van der Waals surface area contributed by atoms with E-state index in [1.54, 1.807) is 0 Å². The molecule has 29 heavy (non-hydrogen) atoms. The molecule has 0 N–H and O–H groups in total. The predicted octanol–water partition coefficient (Wildman–Crippen LogP) is 4.62. The van der Waals surface area contributed by atoms with Crippen LogP contribution in [0.4, 0.5) is 0 Å². The molecular weight excluding hydrogens is 386 g/mol. The monoisotopic (exact) mass is 411 g/mol. The number of aryl methyl sites for hydroxylation is 2. The van der Waals surface area contributed by atoms with Crippen LogP contribution in [0.3, 0.4) is 0 Å². The lowest BCUT2D eigenvalue weighted by molar-refractivity contribution is 0.0957. The van der Waals surface area contributed by atoms with Gasteiger partial charge in [0, 0.05) is 35.7 Å². The molecule has 152 valence electrons. The molecule has 1 aliphatic rings. The second-order valence-corrected chi connectivity index (χ2v) is 8.41. The zero-order valence-corrected chi connectivity index (χ0v) is 17.8. The smallest absolute Gasteiger partial charge is 0.277 e. The van der Waals surface area contributed by atoms with Crippen LogP contribution >= 0.6 is 11.8 Å². The molecule has 0 spiro atoms. The normalized spacial score (nSPS) is 16.4. The maximum absolute atomic E-state index is 12.8. The molecule has 0 amide bonds. The zero-order valence-electron chi connectivity index (χ0n) is 17.0. The number of benzene rings is 1. The first-order valence-electron chi connectivity index (χ1n) is 9.86. The summed E-state index contributed by atoms with van der Waals surface area (Å²) < 4.78 is 13.7. The van der Waals surface area contributed by atoms with Gasteiger partial charge < -0.3 is 13.7 Å². The van der Waals surface area contributed by atoms with Crippen molar-refractivity contribution in [2.24, 2.45) is 0 Å². The van der Waals surface area contributed by atoms with Gasteiger partial charge in [0.25, 0.3) is 5.22 Å². The van der Waals surface area contributed by atoms with Gasteiger partial charge in [0.2, 0.25) is 5.89 Å². The minimum atomic E-state index is 0.0665. The Bertz CT molecular complexity index is 1000. The number of ether oxygens (including phenoxy) is 1. The molecule has 1 atom stereocenters. The topological polar surface area (TPSA) is 70.2 Å². The number of thioether (sulfide) groups is 1. The first-order valence-corrected chi connectivity index (χ1v) is 10.8. The van der Waals surface area contributed by atoms with E-state index in [9.17, 15) is 4.79 Å². The molecule has 7 heteroatoms. The zero-order chi connectivity index (χ0) is 20.4. The van der Waals surface area contributed by atoms with Gasteiger partial charge in [-0.25, -0.2) is 0 Å². The van der Waals surface area contributed by atoms with Crippen LogP contribution in [-0.4, -0.2) is 39.0 Å². The average Bonchev–Trinajstić information content (AvgIpc) is 3.45. The number of carbonyl (C=O) groups excluding carboxylic acids is 1. The summed E-state index contributed by atoms with van der Waals surface area (Å²) >= 11 is 1.27. The third kappa shape index (κ3) is 4.46. The highest BCUT2D eigenvalue weighted by atomic mass is 32.2. The lowest BCUT2D eigenvalue weighted by Gasteiger charge is -2.14. The van der Waals surface area contributed by atoms with Gasteiger partial charge in [0.15, 0.2) is 5.78 Å². The van der Waals surface area contributed by atoms with E-state index < -0.39 is 0 Å². The highest BCUT2D eigenvalue weighted by Gasteiger charge is 2.21. The molecule has 2 aromatic heterocycles. The third-order valence-electron chi connectivity index (χ3n) is 5.32. The molecule has 1 aliphatic heterocycles. The maximum atomic E-state index is 12.8. The molecule has 0 aliphatic carbocycles. The Balaban J connectivity index is 1.40. The Labute approximate surface area is 174 Å². The van der Waals surface area contributed by atoms with Crippen LogP contribution in [0.2, 0.25) is 0 Å². The molecule has 4 rings (SSSR count). The summed E-state index contributed by atoms with van der Waals surface area (Å²) in [7, 11) is 0. The van der Waals surface area contributed by atoms with E-state index in [0.717, 1.165) is 48.5 Å². The number of nitrogens with zero attached hydrogens (tertiary/aromatic N) is 3. The fraction of sp³-hybridized carbons (Fsp3) is 0.409. The van der Waals surface area contributed by atoms with Crippen LogP contribution in [0, 0.1) is 20.8 Å². The molecule has 0 radical (unpaired) electrons. The summed E-state index contributed by atoms with van der Waals surface area (Å²) in [6.07, 6.45) is 2.44. The van der Waals surface area contributed by atoms with Gasteiger partial charge in [-0.15, -0.1) is 10.2 Å². The van der Waals surface area contributed by atoms with Gasteiger partial charge in [0.1, 0.15) is 0 Å². The van der Waals surface area contributed by atoms with Crippen molar-refractivity contribution >= 4 is 17.5 Å². The molecule has 1 unspecified atom stereocenters. The van der Waals surface area contributed by atoms with Gasteiger partial charge in [-0.3, -0.25) is 4.79 Å². The fourth-order valence-electron chi connectivity index (χ4n) is 3.64. The van der Waals surface area contributed by atoms with E-state index >= 15 is 0 Å². The number of Topliss-reactive ketones (excluding diaryl/α,β-unsaturated/α-hetero) is 1. The Kier molecular flexibility index (Phi) is 5.87. The number of carbonyl (C=O) groups is 1. The highest BCUT2D eigenvalue weighted by Crippen LogP contribution is 2.26.